The van der Waals surface area contributed by atoms with E-state index in [2.05, 4.69) is 39.9 Å². The Bertz CT molecular complexity index is 3560. The molecule has 2 fully saturated rings. The van der Waals surface area contributed by atoms with Gasteiger partial charge in [0.05, 0.1) is 86.2 Å². The number of nitrogens with two attached hydrogens (primary N) is 4. The topological polar surface area (TPSA) is 295 Å². The monoisotopic (exact) mass is 1150 g/mol. The zero-order valence-corrected chi connectivity index (χ0v) is 43.7. The summed E-state index contributed by atoms with van der Waals surface area (Å²) in [7, 11) is -3.51. The van der Waals surface area contributed by atoms with E-state index >= 15 is 26.3 Å². The van der Waals surface area contributed by atoms with E-state index in [-0.39, 0.29) is 131 Å². The summed E-state index contributed by atoms with van der Waals surface area (Å²) in [5.74, 6) is -4.17. The van der Waals surface area contributed by atoms with Gasteiger partial charge in [-0.2, -0.15) is 8.42 Å². The summed E-state index contributed by atoms with van der Waals surface area (Å²) in [5, 5.41) is 0. The van der Waals surface area contributed by atoms with Crippen molar-refractivity contribution in [3.05, 3.63) is 108 Å². The molecule has 2 aliphatic heterocycles. The molecule has 0 radical (unpaired) electrons. The van der Waals surface area contributed by atoms with Crippen molar-refractivity contribution < 1.29 is 61.4 Å². The van der Waals surface area contributed by atoms with Crippen LogP contribution in [0.2, 0.25) is 0 Å². The fraction of sp³-hybridized carbons (Fsp3) is 0.360. The zero-order valence-electron chi connectivity index (χ0n) is 42.9. The first kappa shape index (κ1) is 56.2. The Labute approximate surface area is 455 Å². The average Bonchev–Trinajstić information content (AvgIpc) is 4.12. The number of hydrogen-bond donors (Lipinski definition) is 4. The maximum absolute atomic E-state index is 15.5. The Morgan fingerprint density at radius 3 is 1.37 bits per heavy atom. The van der Waals surface area contributed by atoms with Gasteiger partial charge in [-0.05, 0) is 61.1 Å². The van der Waals surface area contributed by atoms with Gasteiger partial charge in [-0.15, -0.1) is 0 Å². The number of rotatable bonds is 18. The van der Waals surface area contributed by atoms with Gasteiger partial charge in [0.2, 0.25) is 0 Å². The summed E-state index contributed by atoms with van der Waals surface area (Å²) >= 11 is 0. The molecule has 2 saturated heterocycles. The summed E-state index contributed by atoms with van der Waals surface area (Å²) < 4.78 is 173. The molecule has 81 heavy (non-hydrogen) atoms. The highest BCUT2D eigenvalue weighted by Gasteiger charge is 2.52. The van der Waals surface area contributed by atoms with E-state index in [0.717, 1.165) is 38.5 Å². The Balaban J connectivity index is 0.925. The molecule has 8 aromatic rings. The van der Waals surface area contributed by atoms with Crippen molar-refractivity contribution in [3.8, 4) is 34.0 Å². The van der Waals surface area contributed by atoms with Crippen LogP contribution in [-0.4, -0.2) is 134 Å². The first-order valence-electron chi connectivity index (χ1n) is 24.7. The number of fused-ring (bicyclic) bond motifs is 2. The van der Waals surface area contributed by atoms with E-state index in [1.54, 1.807) is 9.13 Å². The SMILES string of the molecule is COc1cc(F)c(-c2cc(Cn3cnc4c(N)ncnc43)c(N3CCC[C@](N)([C@H](OS(=O)(=O)O[C@H](C(F)F)[C@@]4(N)CCCN(c5cnc(-c6cc(F)c(OC)cc6F)cc5Cn5cnc6c(N)ncnc65)C4)C(F)F)C3)cn2)cc1F. The Kier molecular flexibility index (Phi) is 15.3. The van der Waals surface area contributed by atoms with E-state index in [0.29, 0.717) is 11.1 Å². The molecule has 0 saturated carbocycles. The lowest BCUT2D eigenvalue weighted by Gasteiger charge is -2.46. The van der Waals surface area contributed by atoms with Crippen LogP contribution in [0.4, 0.5) is 58.1 Å². The minimum Gasteiger partial charge on any atom is -0.494 e. The Hall–Kier alpha value is -8.13. The highest BCUT2D eigenvalue weighted by molar-refractivity contribution is 7.81. The first-order chi connectivity index (χ1) is 38.6. The van der Waals surface area contributed by atoms with Gasteiger partial charge < -0.3 is 51.3 Å². The molecule has 0 unspecified atom stereocenters. The van der Waals surface area contributed by atoms with Crippen molar-refractivity contribution in [2.75, 3.05) is 61.7 Å². The van der Waals surface area contributed by atoms with E-state index in [1.165, 1.54) is 59.6 Å². The summed E-state index contributed by atoms with van der Waals surface area (Å²) in [6.07, 6.45) is -5.42. The molecule has 0 amide bonds. The highest BCUT2D eigenvalue weighted by Crippen LogP contribution is 2.39. The number of anilines is 4. The van der Waals surface area contributed by atoms with Gasteiger partial charge in [0.25, 0.3) is 12.9 Å². The van der Waals surface area contributed by atoms with Gasteiger partial charge in [0, 0.05) is 49.4 Å². The molecule has 2 aromatic carbocycles. The minimum atomic E-state index is -5.84. The van der Waals surface area contributed by atoms with Gasteiger partial charge in [-0.3, -0.25) is 9.97 Å². The molecule has 31 heteroatoms. The molecule has 428 valence electrons. The van der Waals surface area contributed by atoms with Gasteiger partial charge in [-0.1, -0.05) is 0 Å². The second-order valence-electron chi connectivity index (χ2n) is 19.6. The van der Waals surface area contributed by atoms with Crippen molar-refractivity contribution in [3.63, 3.8) is 0 Å². The van der Waals surface area contributed by atoms with E-state index < -0.39 is 82.9 Å². The third-order valence-corrected chi connectivity index (χ3v) is 15.2. The normalized spacial score (nSPS) is 18.8. The van der Waals surface area contributed by atoms with Crippen LogP contribution in [0.1, 0.15) is 36.8 Å². The Morgan fingerprint density at radius 2 is 0.988 bits per heavy atom. The number of piperidine rings is 2. The highest BCUT2D eigenvalue weighted by atomic mass is 32.3. The number of halogens is 8. The second-order valence-corrected chi connectivity index (χ2v) is 20.8. The molecule has 8 N–H and O–H groups in total. The molecule has 6 aromatic heterocycles. The van der Waals surface area contributed by atoms with Crippen LogP contribution in [0.15, 0.2) is 74.1 Å². The van der Waals surface area contributed by atoms with E-state index in [9.17, 15) is 17.2 Å². The van der Waals surface area contributed by atoms with Crippen molar-refractivity contribution in [2.45, 2.75) is 74.9 Å². The number of ether oxygens (including phenoxy) is 2. The van der Waals surface area contributed by atoms with E-state index in [4.69, 9.17) is 40.8 Å². The van der Waals surface area contributed by atoms with Gasteiger partial charge >= 0.3 is 10.4 Å². The smallest absolute Gasteiger partial charge is 0.400 e. The molecule has 2 aliphatic rings. The fourth-order valence-electron chi connectivity index (χ4n) is 10.4. The second kappa shape index (κ2) is 22.1. The predicted octanol–water partition coefficient (Wildman–Crippen LogP) is 5.77. The number of pyridine rings is 2. The molecular weight excluding hydrogens is 1100 g/mol. The van der Waals surface area contributed by atoms with Crippen LogP contribution in [0.3, 0.4) is 0 Å². The average molecular weight is 1160 g/mol. The van der Waals surface area contributed by atoms with Crippen LogP contribution < -0.4 is 42.2 Å². The molecule has 0 spiro atoms. The zero-order chi connectivity index (χ0) is 57.7. The van der Waals surface area contributed by atoms with Gasteiger partial charge in [0.15, 0.2) is 58.3 Å². The molecule has 0 bridgehead atoms. The van der Waals surface area contributed by atoms with Crippen LogP contribution in [0.5, 0.6) is 11.5 Å². The van der Waals surface area contributed by atoms with Crippen LogP contribution in [-0.2, 0) is 31.9 Å². The quantitative estimate of drug-likeness (QED) is 0.0742. The van der Waals surface area contributed by atoms with Crippen molar-refractivity contribution in [1.29, 1.82) is 0 Å². The minimum absolute atomic E-state index is 0.0469. The molecule has 8 heterocycles. The largest absolute Gasteiger partial charge is 0.494 e. The third-order valence-electron chi connectivity index (χ3n) is 14.3. The molecule has 10 rings (SSSR count). The van der Waals surface area contributed by atoms with Crippen LogP contribution >= 0.6 is 0 Å². The molecule has 0 aliphatic carbocycles. The summed E-state index contributed by atoms with van der Waals surface area (Å²) in [5.41, 5.74) is 22.6. The number of methoxy groups -OCH3 is 2. The molecule has 4 atom stereocenters. The Morgan fingerprint density at radius 1 is 0.580 bits per heavy atom. The lowest BCUT2D eigenvalue weighted by Crippen LogP contribution is -2.66. The maximum Gasteiger partial charge on any atom is 0.400 e. The van der Waals surface area contributed by atoms with Crippen LogP contribution in [0.25, 0.3) is 44.8 Å². The van der Waals surface area contributed by atoms with Crippen LogP contribution in [0, 0.1) is 23.3 Å². The summed E-state index contributed by atoms with van der Waals surface area (Å²) in [6, 6.07) is 6.31. The lowest BCUT2D eigenvalue weighted by molar-refractivity contribution is -0.0678. The fourth-order valence-corrected chi connectivity index (χ4v) is 11.5. The number of aromatic nitrogens is 10. The number of imidazole rings is 2. The first-order valence-corrected chi connectivity index (χ1v) is 26.0. The number of nitrogen functional groups attached to an aromatic ring is 2. The number of benzene rings is 2. The van der Waals surface area contributed by atoms with Gasteiger partial charge in [0.1, 0.15) is 35.3 Å². The van der Waals surface area contributed by atoms with E-state index in [1.807, 2.05) is 0 Å². The van der Waals surface area contributed by atoms with Crippen molar-refractivity contribution in [2.24, 2.45) is 11.5 Å². The maximum atomic E-state index is 15.5. The summed E-state index contributed by atoms with van der Waals surface area (Å²) in [6.45, 7) is -1.05. The number of alkyl halides is 4. The number of nitrogens with zero attached hydrogens (tertiary/aromatic N) is 12. The third kappa shape index (κ3) is 11.1. The standard InChI is InChI=1S/C50H50F8N16O6S/c1-77-37-13-29(51)27(11-31(37)53)33-9-25(17-73-23-69-39-45(59)65-21-67-47(39)73)35(15-63-33)71-7-3-5-49(61,19-71)41(43(55)56)79-81(75,76)80-42(44(57)58)50(62)6-4-8-72(20-50)36-16-64-34(28-12-32(54)38(78-2)14-30(28)52)10-26(36)18-74-24-70-40-46(60)66-22-68-48(40)74/h9-16,21-24,41-44H,3-8,17-20,61-62H2,1-2H3,(H2,59,65,67)(H2,60,66,68)/t41-,42-,49-,50-/m1/s1. The van der Waals surface area contributed by atoms with Crippen molar-refractivity contribution >= 4 is 55.7 Å². The molecular formula is C50H50F8N16O6S. The predicted molar refractivity (Wildman–Crippen MR) is 277 cm³/mol. The molecule has 22 nitrogen and oxygen atoms in total. The van der Waals surface area contributed by atoms with Gasteiger partial charge in [-0.25, -0.2) is 73.4 Å². The lowest BCUT2D eigenvalue weighted by atomic mass is 9.84. The summed E-state index contributed by atoms with van der Waals surface area (Å²) in [4.78, 5) is 36.9. The number of hydrogen-bond acceptors (Lipinski definition) is 20. The van der Waals surface area contributed by atoms with Crippen molar-refractivity contribution in [1.82, 2.24) is 49.0 Å².